The number of hydrogen-bond donors (Lipinski definition) is 6. The molecular formula is C28H30O9. The number of phenols is 6. The van der Waals surface area contributed by atoms with Crippen LogP contribution in [0.2, 0.25) is 0 Å². The van der Waals surface area contributed by atoms with Gasteiger partial charge >= 0.3 is 5.97 Å². The van der Waals surface area contributed by atoms with Crippen molar-refractivity contribution in [1.29, 1.82) is 0 Å². The number of rotatable bonds is 5. The van der Waals surface area contributed by atoms with Crippen LogP contribution in [-0.4, -0.2) is 42.7 Å². The van der Waals surface area contributed by atoms with E-state index in [1.54, 1.807) is 6.07 Å². The first-order valence-electron chi connectivity index (χ1n) is 11.9. The van der Waals surface area contributed by atoms with E-state index in [9.17, 15) is 35.4 Å². The van der Waals surface area contributed by atoms with Gasteiger partial charge in [0.05, 0.1) is 5.56 Å². The molecule has 9 nitrogen and oxygen atoms in total. The summed E-state index contributed by atoms with van der Waals surface area (Å²) in [5.41, 5.74) is 2.32. The molecule has 0 fully saturated rings. The molecule has 0 saturated heterocycles. The SMILES string of the molecule is CC(C)c1cc(C2Oc3cc(O)cc(O)c3CC2OC(=O)c2cc(O)c(O)c(O)c2)cc(O)c1C(C)C. The molecule has 0 aliphatic carbocycles. The highest BCUT2D eigenvalue weighted by Gasteiger charge is 2.37. The highest BCUT2D eigenvalue weighted by Crippen LogP contribution is 2.45. The van der Waals surface area contributed by atoms with Crippen molar-refractivity contribution in [1.82, 2.24) is 0 Å². The molecule has 0 saturated carbocycles. The van der Waals surface area contributed by atoms with Crippen molar-refractivity contribution in [2.45, 2.75) is 58.2 Å². The van der Waals surface area contributed by atoms with Crippen LogP contribution in [0.15, 0.2) is 36.4 Å². The summed E-state index contributed by atoms with van der Waals surface area (Å²) in [4.78, 5) is 13.0. The van der Waals surface area contributed by atoms with Gasteiger partial charge in [0.15, 0.2) is 23.4 Å². The first kappa shape index (κ1) is 25.8. The van der Waals surface area contributed by atoms with E-state index < -0.39 is 35.4 Å². The van der Waals surface area contributed by atoms with Crippen molar-refractivity contribution < 1.29 is 44.9 Å². The standard InChI is InChI=1S/C28H30O9/c1-12(2)17-5-14(6-20(31)25(17)13(3)4)27-24(11-18-19(30)9-16(29)10-23(18)36-27)37-28(35)15-7-21(32)26(34)22(33)8-15/h5-10,12-13,24,27,29-34H,11H2,1-4H3. The van der Waals surface area contributed by atoms with Crippen LogP contribution < -0.4 is 4.74 Å². The highest BCUT2D eigenvalue weighted by atomic mass is 16.6. The van der Waals surface area contributed by atoms with Gasteiger partial charge in [0.1, 0.15) is 29.1 Å². The zero-order valence-corrected chi connectivity index (χ0v) is 20.9. The molecule has 1 aliphatic rings. The van der Waals surface area contributed by atoms with Crippen molar-refractivity contribution in [3.8, 4) is 40.2 Å². The molecular weight excluding hydrogens is 480 g/mol. The van der Waals surface area contributed by atoms with Gasteiger partial charge in [0.25, 0.3) is 0 Å². The molecule has 0 aromatic heterocycles. The van der Waals surface area contributed by atoms with E-state index in [-0.39, 0.29) is 46.8 Å². The minimum absolute atomic E-state index is 0.0115. The number of ether oxygens (including phenoxy) is 2. The Hall–Kier alpha value is -4.27. The van der Waals surface area contributed by atoms with Crippen LogP contribution in [0.4, 0.5) is 0 Å². The monoisotopic (exact) mass is 510 g/mol. The fraction of sp³-hybridized carbons (Fsp3) is 0.321. The second-order valence-corrected chi connectivity index (χ2v) is 9.84. The minimum atomic E-state index is -1.00. The normalized spacial score (nSPS) is 16.9. The molecule has 2 atom stereocenters. The fourth-order valence-electron chi connectivity index (χ4n) is 4.71. The van der Waals surface area contributed by atoms with Crippen LogP contribution in [0.3, 0.4) is 0 Å². The summed E-state index contributed by atoms with van der Waals surface area (Å²) in [6, 6.07) is 7.86. The van der Waals surface area contributed by atoms with Crippen LogP contribution in [-0.2, 0) is 11.2 Å². The van der Waals surface area contributed by atoms with Gasteiger partial charge in [-0.3, -0.25) is 0 Å². The molecule has 37 heavy (non-hydrogen) atoms. The van der Waals surface area contributed by atoms with Crippen LogP contribution in [0.25, 0.3) is 0 Å². The molecule has 3 aromatic rings. The lowest BCUT2D eigenvalue weighted by Gasteiger charge is -2.34. The molecule has 6 N–H and O–H groups in total. The number of hydrogen-bond acceptors (Lipinski definition) is 9. The quantitative estimate of drug-likeness (QED) is 0.204. The molecule has 2 unspecified atom stereocenters. The maximum atomic E-state index is 13.0. The van der Waals surface area contributed by atoms with Crippen LogP contribution in [0.1, 0.15) is 78.2 Å². The predicted octanol–water partition coefficient (Wildman–Crippen LogP) is 5.07. The average molecular weight is 511 g/mol. The van der Waals surface area contributed by atoms with Crippen LogP contribution >= 0.6 is 0 Å². The maximum Gasteiger partial charge on any atom is 0.338 e. The second kappa shape index (κ2) is 9.65. The Morgan fingerprint density at radius 2 is 1.49 bits per heavy atom. The van der Waals surface area contributed by atoms with Gasteiger partial charge in [-0.15, -0.1) is 0 Å². The molecule has 0 spiro atoms. The van der Waals surface area contributed by atoms with Crippen molar-refractivity contribution >= 4 is 5.97 Å². The van der Waals surface area contributed by atoms with Gasteiger partial charge in [-0.2, -0.15) is 0 Å². The van der Waals surface area contributed by atoms with Gasteiger partial charge < -0.3 is 40.1 Å². The van der Waals surface area contributed by atoms with Gasteiger partial charge in [0, 0.05) is 29.7 Å². The second-order valence-electron chi connectivity index (χ2n) is 9.84. The minimum Gasteiger partial charge on any atom is -0.508 e. The number of carbonyl (C=O) groups excluding carboxylic acids is 1. The average Bonchev–Trinajstić information content (AvgIpc) is 2.81. The number of aromatic hydroxyl groups is 6. The van der Waals surface area contributed by atoms with Crippen LogP contribution in [0.5, 0.6) is 40.2 Å². The summed E-state index contributed by atoms with van der Waals surface area (Å²) in [5.74, 6) is -3.13. The molecule has 0 amide bonds. The Kier molecular flexibility index (Phi) is 6.73. The molecule has 3 aromatic carbocycles. The number of phenolic OH excluding ortho intramolecular Hbond substituents is 6. The molecule has 4 rings (SSSR count). The van der Waals surface area contributed by atoms with E-state index >= 15 is 0 Å². The lowest BCUT2D eigenvalue weighted by molar-refractivity contribution is -0.0189. The number of carbonyl (C=O) groups is 1. The summed E-state index contributed by atoms with van der Waals surface area (Å²) in [6.07, 6.45) is -1.92. The van der Waals surface area contributed by atoms with E-state index in [1.807, 2.05) is 33.8 Å². The molecule has 0 radical (unpaired) electrons. The molecule has 1 aliphatic heterocycles. The van der Waals surface area contributed by atoms with Crippen LogP contribution in [0, 0.1) is 0 Å². The Bertz CT molecular complexity index is 1340. The third-order valence-corrected chi connectivity index (χ3v) is 6.47. The van der Waals surface area contributed by atoms with Crippen molar-refractivity contribution in [2.75, 3.05) is 0 Å². The van der Waals surface area contributed by atoms with Crippen molar-refractivity contribution in [3.63, 3.8) is 0 Å². The Balaban J connectivity index is 1.80. The number of fused-ring (bicyclic) bond motifs is 1. The smallest absolute Gasteiger partial charge is 0.338 e. The third-order valence-electron chi connectivity index (χ3n) is 6.47. The predicted molar refractivity (Wildman–Crippen MR) is 134 cm³/mol. The van der Waals surface area contributed by atoms with E-state index in [1.165, 1.54) is 6.07 Å². The summed E-state index contributed by atoms with van der Waals surface area (Å²) in [7, 11) is 0. The van der Waals surface area contributed by atoms with Gasteiger partial charge in [0.2, 0.25) is 0 Å². The summed E-state index contributed by atoms with van der Waals surface area (Å²) < 4.78 is 11.9. The fourth-order valence-corrected chi connectivity index (χ4v) is 4.71. The van der Waals surface area contributed by atoms with Gasteiger partial charge in [-0.1, -0.05) is 33.8 Å². The van der Waals surface area contributed by atoms with Gasteiger partial charge in [-0.25, -0.2) is 4.79 Å². The highest BCUT2D eigenvalue weighted by molar-refractivity contribution is 5.91. The Labute approximate surface area is 213 Å². The van der Waals surface area contributed by atoms with Crippen molar-refractivity contribution in [2.24, 2.45) is 0 Å². The van der Waals surface area contributed by atoms with E-state index in [0.717, 1.165) is 29.3 Å². The first-order chi connectivity index (χ1) is 17.4. The maximum absolute atomic E-state index is 13.0. The largest absolute Gasteiger partial charge is 0.508 e. The summed E-state index contributed by atoms with van der Waals surface area (Å²) in [6.45, 7) is 7.96. The van der Waals surface area contributed by atoms with E-state index in [2.05, 4.69) is 0 Å². The zero-order chi connectivity index (χ0) is 27.2. The first-order valence-corrected chi connectivity index (χ1v) is 11.9. The number of benzene rings is 3. The topological polar surface area (TPSA) is 157 Å². The Morgan fingerprint density at radius 1 is 0.838 bits per heavy atom. The lowest BCUT2D eigenvalue weighted by atomic mass is 9.85. The van der Waals surface area contributed by atoms with E-state index in [4.69, 9.17) is 9.47 Å². The third kappa shape index (κ3) is 4.89. The summed E-state index contributed by atoms with van der Waals surface area (Å²) >= 11 is 0. The summed E-state index contributed by atoms with van der Waals surface area (Å²) in [5, 5.41) is 60.5. The molecule has 196 valence electrons. The molecule has 9 heteroatoms. The Morgan fingerprint density at radius 3 is 2.08 bits per heavy atom. The lowest BCUT2D eigenvalue weighted by Crippen LogP contribution is -2.35. The van der Waals surface area contributed by atoms with Gasteiger partial charge in [-0.05, 0) is 41.2 Å². The van der Waals surface area contributed by atoms with Crippen molar-refractivity contribution in [3.05, 3.63) is 64.2 Å². The number of esters is 1. The molecule has 0 bridgehead atoms. The molecule has 1 heterocycles. The zero-order valence-electron chi connectivity index (χ0n) is 20.9. The van der Waals surface area contributed by atoms with E-state index in [0.29, 0.717) is 11.1 Å².